The van der Waals surface area contributed by atoms with Crippen LogP contribution in [0.4, 0.5) is 4.39 Å². The summed E-state index contributed by atoms with van der Waals surface area (Å²) < 4.78 is 18.7. The molecule has 31 heavy (non-hydrogen) atoms. The first-order chi connectivity index (χ1) is 15.0. The third kappa shape index (κ3) is 5.20. The normalized spacial score (nSPS) is 13.1. The summed E-state index contributed by atoms with van der Waals surface area (Å²) in [6.45, 7) is 2.48. The first-order valence-corrected chi connectivity index (χ1v) is 10.4. The monoisotopic (exact) mass is 420 g/mol. The van der Waals surface area contributed by atoms with Crippen molar-refractivity contribution in [2.45, 2.75) is 38.9 Å². The molecule has 6 heteroatoms. The molecule has 4 rings (SSSR count). The van der Waals surface area contributed by atoms with Gasteiger partial charge in [0.15, 0.2) is 0 Å². The minimum Gasteiger partial charge on any atom is -0.467 e. The van der Waals surface area contributed by atoms with Gasteiger partial charge < -0.3 is 14.2 Å². The molecule has 0 saturated heterocycles. The largest absolute Gasteiger partial charge is 0.467 e. The van der Waals surface area contributed by atoms with Crippen molar-refractivity contribution in [3.05, 3.63) is 95.2 Å². The number of halogens is 1. The highest BCUT2D eigenvalue weighted by atomic mass is 19.1. The van der Waals surface area contributed by atoms with Crippen LogP contribution < -0.4 is 0 Å². The molecule has 1 aromatic heterocycles. The van der Waals surface area contributed by atoms with Crippen molar-refractivity contribution >= 4 is 11.8 Å². The van der Waals surface area contributed by atoms with E-state index in [-0.39, 0.29) is 36.8 Å². The number of carbonyl (C=O) groups is 2. The van der Waals surface area contributed by atoms with Gasteiger partial charge in [0, 0.05) is 18.2 Å². The molecule has 0 radical (unpaired) electrons. The lowest BCUT2D eigenvalue weighted by Crippen LogP contribution is -2.43. The zero-order valence-electron chi connectivity index (χ0n) is 17.5. The Morgan fingerprint density at radius 2 is 1.74 bits per heavy atom. The molecule has 0 bridgehead atoms. The highest BCUT2D eigenvalue weighted by Gasteiger charge is 2.35. The maximum Gasteiger partial charge on any atom is 0.254 e. The maximum atomic E-state index is 13.3. The van der Waals surface area contributed by atoms with E-state index < -0.39 is 0 Å². The van der Waals surface area contributed by atoms with Gasteiger partial charge in [-0.15, -0.1) is 0 Å². The van der Waals surface area contributed by atoms with Crippen molar-refractivity contribution < 1.29 is 18.4 Å². The van der Waals surface area contributed by atoms with Gasteiger partial charge in [0.25, 0.3) is 5.91 Å². The average Bonchev–Trinajstić information content (AvgIpc) is 3.48. The molecular weight excluding hydrogens is 395 g/mol. The lowest BCUT2D eigenvalue weighted by molar-refractivity contribution is -0.133. The van der Waals surface area contributed by atoms with E-state index in [1.807, 2.05) is 31.2 Å². The van der Waals surface area contributed by atoms with Crippen LogP contribution in [0, 0.1) is 12.7 Å². The zero-order chi connectivity index (χ0) is 21.8. The van der Waals surface area contributed by atoms with Crippen LogP contribution in [0.25, 0.3) is 0 Å². The van der Waals surface area contributed by atoms with Crippen LogP contribution in [0.3, 0.4) is 0 Å². The second kappa shape index (κ2) is 9.16. The Hall–Kier alpha value is -3.41. The van der Waals surface area contributed by atoms with Gasteiger partial charge in [-0.25, -0.2) is 4.39 Å². The molecule has 0 N–H and O–H groups in total. The predicted octanol–water partition coefficient (Wildman–Crippen LogP) is 4.56. The smallest absolute Gasteiger partial charge is 0.254 e. The molecule has 2 aromatic carbocycles. The number of hydrogen-bond acceptors (Lipinski definition) is 3. The fraction of sp³-hybridized carbons (Fsp3) is 0.280. The van der Waals surface area contributed by atoms with Gasteiger partial charge in [-0.3, -0.25) is 9.59 Å². The summed E-state index contributed by atoms with van der Waals surface area (Å²) in [6, 6.07) is 17.2. The molecule has 1 heterocycles. The number of amides is 2. The summed E-state index contributed by atoms with van der Waals surface area (Å²) in [5.41, 5.74) is 2.33. The van der Waals surface area contributed by atoms with Crippen molar-refractivity contribution in [1.82, 2.24) is 9.80 Å². The van der Waals surface area contributed by atoms with Gasteiger partial charge in [-0.1, -0.05) is 30.3 Å². The van der Waals surface area contributed by atoms with Gasteiger partial charge in [-0.2, -0.15) is 0 Å². The summed E-state index contributed by atoms with van der Waals surface area (Å²) in [5, 5.41) is 0. The molecule has 1 aliphatic carbocycles. The number of carbonyl (C=O) groups excluding carboxylic acids is 2. The molecule has 0 spiro atoms. The predicted molar refractivity (Wildman–Crippen MR) is 115 cm³/mol. The molecule has 1 fully saturated rings. The van der Waals surface area contributed by atoms with Crippen molar-refractivity contribution in [2.24, 2.45) is 0 Å². The summed E-state index contributed by atoms with van der Waals surface area (Å²) in [7, 11) is 0. The molecule has 2 amide bonds. The topological polar surface area (TPSA) is 53.8 Å². The van der Waals surface area contributed by atoms with E-state index in [2.05, 4.69) is 0 Å². The molecule has 160 valence electrons. The number of aryl methyl sites for hydroxylation is 1. The summed E-state index contributed by atoms with van der Waals surface area (Å²) in [6.07, 6.45) is 3.37. The van der Waals surface area contributed by atoms with Crippen LogP contribution in [0.5, 0.6) is 0 Å². The first-order valence-electron chi connectivity index (χ1n) is 10.4. The first kappa shape index (κ1) is 20.8. The summed E-state index contributed by atoms with van der Waals surface area (Å²) in [4.78, 5) is 29.9. The third-order valence-electron chi connectivity index (χ3n) is 5.50. The minimum absolute atomic E-state index is 0.000260. The van der Waals surface area contributed by atoms with E-state index in [1.165, 1.54) is 12.1 Å². The van der Waals surface area contributed by atoms with Gasteiger partial charge in [-0.05, 0) is 61.2 Å². The SMILES string of the molecule is Cc1ccccc1C(=O)N(CC(=O)N(Cc1ccc(F)cc1)Cc1ccco1)C1CC1. The van der Waals surface area contributed by atoms with Gasteiger partial charge in [0.2, 0.25) is 5.91 Å². The Balaban J connectivity index is 1.53. The van der Waals surface area contributed by atoms with Crippen LogP contribution in [0.15, 0.2) is 71.3 Å². The molecule has 0 unspecified atom stereocenters. The van der Waals surface area contributed by atoms with Crippen molar-refractivity contribution in [3.63, 3.8) is 0 Å². The van der Waals surface area contributed by atoms with Gasteiger partial charge >= 0.3 is 0 Å². The van der Waals surface area contributed by atoms with Crippen molar-refractivity contribution in [2.75, 3.05) is 6.54 Å². The van der Waals surface area contributed by atoms with E-state index in [4.69, 9.17) is 4.42 Å². The van der Waals surface area contributed by atoms with Crippen LogP contribution in [0.1, 0.15) is 40.1 Å². The molecule has 0 atom stereocenters. The molecule has 1 aliphatic rings. The van der Waals surface area contributed by atoms with Crippen LogP contribution in [-0.4, -0.2) is 34.2 Å². The Kier molecular flexibility index (Phi) is 6.16. The highest BCUT2D eigenvalue weighted by molar-refractivity contribution is 5.98. The van der Waals surface area contributed by atoms with Crippen LogP contribution in [0.2, 0.25) is 0 Å². The van der Waals surface area contributed by atoms with E-state index in [1.54, 1.807) is 40.3 Å². The lowest BCUT2D eigenvalue weighted by atomic mass is 10.1. The van der Waals surface area contributed by atoms with Crippen LogP contribution >= 0.6 is 0 Å². The molecule has 0 aliphatic heterocycles. The second-order valence-corrected chi connectivity index (χ2v) is 7.93. The van der Waals surface area contributed by atoms with E-state index in [0.717, 1.165) is 24.0 Å². The minimum atomic E-state index is -0.323. The van der Waals surface area contributed by atoms with Crippen molar-refractivity contribution in [3.8, 4) is 0 Å². The quantitative estimate of drug-likeness (QED) is 0.537. The van der Waals surface area contributed by atoms with Gasteiger partial charge in [0.05, 0.1) is 12.8 Å². The average molecular weight is 420 g/mol. The second-order valence-electron chi connectivity index (χ2n) is 7.93. The number of benzene rings is 2. The third-order valence-corrected chi connectivity index (χ3v) is 5.50. The summed E-state index contributed by atoms with van der Waals surface area (Å²) in [5.74, 6) is 0.0401. The maximum absolute atomic E-state index is 13.3. The van der Waals surface area contributed by atoms with E-state index >= 15 is 0 Å². The summed E-state index contributed by atoms with van der Waals surface area (Å²) >= 11 is 0. The van der Waals surface area contributed by atoms with Crippen LogP contribution in [-0.2, 0) is 17.9 Å². The van der Waals surface area contributed by atoms with Gasteiger partial charge in [0.1, 0.15) is 18.1 Å². The zero-order valence-corrected chi connectivity index (χ0v) is 17.5. The molecule has 3 aromatic rings. The fourth-order valence-corrected chi connectivity index (χ4v) is 3.60. The Morgan fingerprint density at radius 3 is 2.39 bits per heavy atom. The Labute approximate surface area is 181 Å². The lowest BCUT2D eigenvalue weighted by Gasteiger charge is -2.28. The van der Waals surface area contributed by atoms with Crippen molar-refractivity contribution in [1.29, 1.82) is 0 Å². The molecule has 1 saturated carbocycles. The standard InChI is InChI=1S/C25H25FN2O3/c1-18-5-2-3-7-23(18)25(30)28(21-12-13-21)17-24(29)27(16-22-6-4-14-31-22)15-19-8-10-20(26)11-9-19/h2-11,14,21H,12-13,15-17H2,1H3. The Bertz CT molecular complexity index is 1040. The molecule has 5 nitrogen and oxygen atoms in total. The van der Waals surface area contributed by atoms with E-state index in [9.17, 15) is 14.0 Å². The number of hydrogen-bond donors (Lipinski definition) is 0. The van der Waals surface area contributed by atoms with E-state index in [0.29, 0.717) is 17.9 Å². The number of furan rings is 1. The Morgan fingerprint density at radius 1 is 1.00 bits per heavy atom. The number of rotatable bonds is 8. The fourth-order valence-electron chi connectivity index (χ4n) is 3.60. The highest BCUT2D eigenvalue weighted by Crippen LogP contribution is 2.29. The molecular formula is C25H25FN2O3. The number of nitrogens with zero attached hydrogens (tertiary/aromatic N) is 2.